The van der Waals surface area contributed by atoms with Gasteiger partial charge in [-0.15, -0.1) is 0 Å². The minimum absolute atomic E-state index is 0.0809. The third kappa shape index (κ3) is 8.09. The first-order valence-corrected chi connectivity index (χ1v) is 19.3. The van der Waals surface area contributed by atoms with E-state index in [0.717, 1.165) is 0 Å². The zero-order valence-electron chi connectivity index (χ0n) is 25.1. The van der Waals surface area contributed by atoms with Crippen molar-refractivity contribution < 1.29 is 80.0 Å². The summed E-state index contributed by atoms with van der Waals surface area (Å²) >= 11 is 0. The second-order valence-electron chi connectivity index (χ2n) is 13.8. The normalized spacial score (nSPS) is 42.8. The molecule has 0 spiro atoms. The highest BCUT2D eigenvalue weighted by molar-refractivity contribution is 7.46. The first kappa shape index (κ1) is 37.4. The first-order chi connectivity index (χ1) is 20.3. The number of rotatable bonds is 11. The topological polar surface area (TPSA) is 247 Å². The molecule has 0 saturated heterocycles. The Balaban J connectivity index is 1.68. The van der Waals surface area contributed by atoms with Crippen LogP contribution in [0.15, 0.2) is 0 Å². The fourth-order valence-corrected chi connectivity index (χ4v) is 10.9. The average Bonchev–Trinajstić information content (AvgIpc) is 3.19. The SMILES string of the molecule is CC(CCC(=O)OCOP(=O)(O)O)C1CCC2C3C(CC(OP(=O)(O)O)C12C)C1(C)CCC(O)(F)CC1CC3(F)OP(=O)(O)O. The highest BCUT2D eigenvalue weighted by atomic mass is 31.2. The number of halogens is 2. The summed E-state index contributed by atoms with van der Waals surface area (Å²) in [5.41, 5.74) is -2.08. The summed E-state index contributed by atoms with van der Waals surface area (Å²) in [5.74, 6) is -10.9. The quantitative estimate of drug-likeness (QED) is 0.0914. The molecule has 0 amide bonds. The summed E-state index contributed by atoms with van der Waals surface area (Å²) in [6.07, 6.45) is -2.05. The number of hydrogen-bond donors (Lipinski definition) is 7. The van der Waals surface area contributed by atoms with E-state index in [1.807, 2.05) is 0 Å². The Labute approximate surface area is 259 Å². The lowest BCUT2D eigenvalue weighted by Gasteiger charge is -2.65. The molecule has 0 aliphatic heterocycles. The monoisotopic (exact) mass is 714 g/mol. The fourth-order valence-electron chi connectivity index (χ4n) is 9.43. The van der Waals surface area contributed by atoms with Crippen LogP contribution in [0, 0.1) is 46.3 Å². The molecule has 0 aromatic rings. The first-order valence-electron chi connectivity index (χ1n) is 14.8. The summed E-state index contributed by atoms with van der Waals surface area (Å²) < 4.78 is 86.4. The van der Waals surface area contributed by atoms with Crippen molar-refractivity contribution in [3.05, 3.63) is 0 Å². The van der Waals surface area contributed by atoms with Crippen LogP contribution in [0.4, 0.5) is 8.78 Å². The van der Waals surface area contributed by atoms with Crippen LogP contribution >= 0.6 is 23.5 Å². The summed E-state index contributed by atoms with van der Waals surface area (Å²) in [5, 5.41) is 10.2. The third-order valence-corrected chi connectivity index (χ3v) is 12.8. The van der Waals surface area contributed by atoms with Gasteiger partial charge in [-0.3, -0.25) is 9.32 Å². The molecule has 262 valence electrons. The molecule has 11 unspecified atom stereocenters. The molecular weight excluding hydrogens is 671 g/mol. The lowest BCUT2D eigenvalue weighted by molar-refractivity contribution is -0.289. The van der Waals surface area contributed by atoms with Gasteiger partial charge < -0.3 is 39.2 Å². The fraction of sp³-hybridized carbons (Fsp3) is 0.960. The van der Waals surface area contributed by atoms with Crippen LogP contribution < -0.4 is 0 Å². The maximum atomic E-state index is 17.2. The molecule has 0 heterocycles. The van der Waals surface area contributed by atoms with Crippen molar-refractivity contribution in [2.75, 3.05) is 6.79 Å². The Bertz CT molecular complexity index is 1270. The van der Waals surface area contributed by atoms with E-state index in [9.17, 15) is 47.6 Å². The molecule has 4 rings (SSSR count). The molecule has 4 aliphatic rings. The number of alkyl halides is 2. The van der Waals surface area contributed by atoms with Crippen molar-refractivity contribution in [1.82, 2.24) is 0 Å². The van der Waals surface area contributed by atoms with Gasteiger partial charge in [-0.2, -0.15) is 0 Å². The third-order valence-electron chi connectivity index (χ3n) is 11.3. The summed E-state index contributed by atoms with van der Waals surface area (Å²) in [4.78, 5) is 69.1. The molecule has 4 aliphatic carbocycles. The van der Waals surface area contributed by atoms with E-state index in [4.69, 9.17) is 23.6 Å². The predicted octanol–water partition coefficient (Wildman–Crippen LogP) is 3.80. The molecule has 45 heavy (non-hydrogen) atoms. The Kier molecular flexibility index (Phi) is 10.4. The van der Waals surface area contributed by atoms with Crippen molar-refractivity contribution in [3.63, 3.8) is 0 Å². The molecule has 0 radical (unpaired) electrons. The van der Waals surface area contributed by atoms with E-state index in [0.29, 0.717) is 6.42 Å². The minimum Gasteiger partial charge on any atom is -0.438 e. The zero-order valence-corrected chi connectivity index (χ0v) is 27.8. The lowest BCUT2D eigenvalue weighted by atomic mass is 9.42. The summed E-state index contributed by atoms with van der Waals surface area (Å²) in [6, 6.07) is 0. The van der Waals surface area contributed by atoms with Gasteiger partial charge in [0.1, 0.15) is 0 Å². The average molecular weight is 715 g/mol. The van der Waals surface area contributed by atoms with Crippen LogP contribution in [-0.4, -0.2) is 65.0 Å². The number of phosphoric acid groups is 3. The van der Waals surface area contributed by atoms with Crippen molar-refractivity contribution in [2.24, 2.45) is 46.3 Å². The minimum atomic E-state index is -5.45. The maximum absolute atomic E-state index is 17.2. The van der Waals surface area contributed by atoms with Gasteiger partial charge in [0.15, 0.2) is 0 Å². The van der Waals surface area contributed by atoms with Crippen LogP contribution in [0.25, 0.3) is 0 Å². The largest absolute Gasteiger partial charge is 0.472 e. The molecule has 15 nitrogen and oxygen atoms in total. The summed E-state index contributed by atoms with van der Waals surface area (Å²) in [6.45, 7) is 4.26. The van der Waals surface area contributed by atoms with E-state index in [1.165, 1.54) is 0 Å². The number of esters is 1. The van der Waals surface area contributed by atoms with Crippen molar-refractivity contribution in [3.8, 4) is 0 Å². The van der Waals surface area contributed by atoms with Gasteiger partial charge in [-0.1, -0.05) is 20.8 Å². The molecule has 0 aromatic heterocycles. The molecule has 4 saturated carbocycles. The van der Waals surface area contributed by atoms with Gasteiger partial charge in [0.05, 0.1) is 6.10 Å². The van der Waals surface area contributed by atoms with Crippen LogP contribution in [0.1, 0.15) is 78.6 Å². The molecule has 7 N–H and O–H groups in total. The van der Waals surface area contributed by atoms with Crippen LogP contribution in [-0.2, 0) is 36.8 Å². The second-order valence-corrected chi connectivity index (χ2v) is 17.4. The molecule has 20 heteroatoms. The van der Waals surface area contributed by atoms with Gasteiger partial charge >= 0.3 is 29.4 Å². The van der Waals surface area contributed by atoms with Gasteiger partial charge in [0, 0.05) is 37.0 Å². The zero-order chi connectivity index (χ0) is 34.0. The van der Waals surface area contributed by atoms with Crippen LogP contribution in [0.3, 0.4) is 0 Å². The number of phosphoric ester groups is 3. The van der Waals surface area contributed by atoms with E-state index >= 15 is 4.39 Å². The molecular formula is C25H43F2O15P3. The van der Waals surface area contributed by atoms with E-state index in [2.05, 4.69) is 4.52 Å². The van der Waals surface area contributed by atoms with Gasteiger partial charge in [-0.25, -0.2) is 31.5 Å². The van der Waals surface area contributed by atoms with Gasteiger partial charge in [0.2, 0.25) is 18.5 Å². The van der Waals surface area contributed by atoms with Crippen LogP contribution in [0.2, 0.25) is 0 Å². The van der Waals surface area contributed by atoms with Gasteiger partial charge in [-0.05, 0) is 67.1 Å². The Morgan fingerprint density at radius 1 is 0.933 bits per heavy atom. The smallest absolute Gasteiger partial charge is 0.438 e. The summed E-state index contributed by atoms with van der Waals surface area (Å²) in [7, 11) is -15.4. The molecule has 0 aromatic carbocycles. The number of carbonyl (C=O) groups excluding carboxylic acids is 1. The van der Waals surface area contributed by atoms with E-state index in [-0.39, 0.29) is 44.4 Å². The number of ether oxygens (including phenoxy) is 1. The predicted molar refractivity (Wildman–Crippen MR) is 148 cm³/mol. The van der Waals surface area contributed by atoms with Gasteiger partial charge in [0.25, 0.3) is 0 Å². The van der Waals surface area contributed by atoms with Crippen molar-refractivity contribution >= 4 is 29.4 Å². The molecule has 4 fully saturated rings. The standard InChI is InChI=1S/C25H43F2O15P3/c1-14(4-7-20(28)39-13-40-43(30,31)32)16-5-6-17-21-18(10-19(23(16,17)3)41-44(33,34)35)22(2)8-9-24(26,29)11-15(22)12-25(21,27)42-45(36,37)38/h14-19,21,29H,4-13H2,1-3H3,(H2,30,31,32)(H2,33,34,35)(H2,36,37,38). The van der Waals surface area contributed by atoms with Crippen molar-refractivity contribution in [2.45, 2.75) is 96.4 Å². The highest BCUT2D eigenvalue weighted by Crippen LogP contribution is 2.74. The van der Waals surface area contributed by atoms with E-state index < -0.39 is 107 Å². The van der Waals surface area contributed by atoms with E-state index in [1.54, 1.807) is 20.8 Å². The maximum Gasteiger partial charge on any atom is 0.472 e. The number of hydrogen-bond acceptors (Lipinski definition) is 9. The van der Waals surface area contributed by atoms with Crippen molar-refractivity contribution in [1.29, 1.82) is 0 Å². The lowest BCUT2D eigenvalue weighted by Crippen LogP contribution is -2.66. The highest BCUT2D eigenvalue weighted by Gasteiger charge is 2.72. The number of aliphatic hydroxyl groups is 1. The number of carbonyl (C=O) groups is 1. The Morgan fingerprint density at radius 3 is 2.16 bits per heavy atom. The molecule has 0 bridgehead atoms. The Hall–Kier alpha value is -0.380. The Morgan fingerprint density at radius 2 is 1.58 bits per heavy atom. The van der Waals surface area contributed by atoms with Crippen LogP contribution in [0.5, 0.6) is 0 Å². The second kappa shape index (κ2) is 12.5. The molecule has 11 atom stereocenters. The number of fused-ring (bicyclic) bond motifs is 5.